The third-order valence-electron chi connectivity index (χ3n) is 2.72. The second-order valence-electron chi connectivity index (χ2n) is 4.36. The molecule has 1 aromatic carbocycles. The van der Waals surface area contributed by atoms with Gasteiger partial charge in [-0.2, -0.15) is 17.0 Å². The summed E-state index contributed by atoms with van der Waals surface area (Å²) < 4.78 is 39.2. The summed E-state index contributed by atoms with van der Waals surface area (Å²) in [5.74, 6) is -1.51. The van der Waals surface area contributed by atoms with Crippen molar-refractivity contribution in [1.82, 2.24) is 8.61 Å². The fraction of sp³-hybridized carbons (Fsp3) is 0.417. The summed E-state index contributed by atoms with van der Waals surface area (Å²) >= 11 is 0. The standard InChI is InChI=1S/C12H17FN2O4S/c1-14(7-6-12(16)17)20(18,19)15(2)9-10-4-3-5-11(13)8-10/h3-5,8H,6-7,9H2,1-2H3,(H,16,17). The molecule has 0 heterocycles. The number of rotatable bonds is 7. The summed E-state index contributed by atoms with van der Waals surface area (Å²) in [5, 5.41) is 8.56. The smallest absolute Gasteiger partial charge is 0.304 e. The summed E-state index contributed by atoms with van der Waals surface area (Å²) in [6.45, 7) is -0.108. The molecule has 6 nitrogen and oxygen atoms in total. The molecule has 0 aromatic heterocycles. The van der Waals surface area contributed by atoms with Crippen LogP contribution in [0.3, 0.4) is 0 Å². The van der Waals surface area contributed by atoms with Gasteiger partial charge in [0.2, 0.25) is 0 Å². The number of carboxylic acids is 1. The highest BCUT2D eigenvalue weighted by molar-refractivity contribution is 7.86. The number of benzene rings is 1. The summed E-state index contributed by atoms with van der Waals surface area (Å²) in [6, 6.07) is 5.64. The molecule has 0 spiro atoms. The lowest BCUT2D eigenvalue weighted by Gasteiger charge is -2.24. The third-order valence-corrected chi connectivity index (χ3v) is 4.61. The fourth-order valence-corrected chi connectivity index (χ4v) is 2.69. The zero-order chi connectivity index (χ0) is 15.3. The molecule has 1 rings (SSSR count). The maximum absolute atomic E-state index is 13.0. The first kappa shape index (κ1) is 16.5. The molecule has 0 atom stereocenters. The van der Waals surface area contributed by atoms with Crippen LogP contribution in [0.2, 0.25) is 0 Å². The monoisotopic (exact) mass is 304 g/mol. The van der Waals surface area contributed by atoms with Gasteiger partial charge >= 0.3 is 5.97 Å². The highest BCUT2D eigenvalue weighted by atomic mass is 32.2. The van der Waals surface area contributed by atoms with Crippen LogP contribution in [0.4, 0.5) is 4.39 Å². The molecule has 20 heavy (non-hydrogen) atoms. The van der Waals surface area contributed by atoms with E-state index in [0.717, 1.165) is 8.61 Å². The number of halogens is 1. The third kappa shape index (κ3) is 4.55. The Morgan fingerprint density at radius 2 is 1.95 bits per heavy atom. The summed E-state index contributed by atoms with van der Waals surface area (Å²) in [7, 11) is -1.10. The van der Waals surface area contributed by atoms with Crippen LogP contribution in [0.1, 0.15) is 12.0 Å². The van der Waals surface area contributed by atoms with Gasteiger partial charge in [-0.15, -0.1) is 0 Å². The molecule has 1 aromatic rings. The average Bonchev–Trinajstić information content (AvgIpc) is 2.35. The predicted molar refractivity (Wildman–Crippen MR) is 71.7 cm³/mol. The van der Waals surface area contributed by atoms with E-state index >= 15 is 0 Å². The Morgan fingerprint density at radius 1 is 1.30 bits per heavy atom. The van der Waals surface area contributed by atoms with Gasteiger partial charge < -0.3 is 5.11 Å². The highest BCUT2D eigenvalue weighted by Gasteiger charge is 2.24. The van der Waals surface area contributed by atoms with Gasteiger partial charge in [-0.25, -0.2) is 4.39 Å². The topological polar surface area (TPSA) is 77.9 Å². The van der Waals surface area contributed by atoms with Gasteiger partial charge in [0.15, 0.2) is 0 Å². The van der Waals surface area contributed by atoms with Gasteiger partial charge in [0.25, 0.3) is 10.2 Å². The molecule has 0 bridgehead atoms. The zero-order valence-corrected chi connectivity index (χ0v) is 12.1. The van der Waals surface area contributed by atoms with Crippen LogP contribution in [0.15, 0.2) is 24.3 Å². The molecule has 0 saturated carbocycles. The number of hydrogen-bond acceptors (Lipinski definition) is 3. The van der Waals surface area contributed by atoms with Gasteiger partial charge in [-0.1, -0.05) is 12.1 Å². The van der Waals surface area contributed by atoms with E-state index in [-0.39, 0.29) is 19.5 Å². The van der Waals surface area contributed by atoms with Crippen molar-refractivity contribution in [3.05, 3.63) is 35.6 Å². The summed E-state index contributed by atoms with van der Waals surface area (Å²) in [5.41, 5.74) is 0.516. The maximum Gasteiger partial charge on any atom is 0.304 e. The van der Waals surface area contributed by atoms with E-state index in [1.807, 2.05) is 0 Å². The SMILES string of the molecule is CN(CCC(=O)O)S(=O)(=O)N(C)Cc1cccc(F)c1. The Kier molecular flexibility index (Phi) is 5.61. The minimum Gasteiger partial charge on any atom is -0.481 e. The first-order valence-electron chi connectivity index (χ1n) is 5.87. The minimum absolute atomic E-state index is 0.0114. The molecule has 0 aliphatic heterocycles. The van der Waals surface area contributed by atoms with Crippen LogP contribution in [0.25, 0.3) is 0 Å². The van der Waals surface area contributed by atoms with Gasteiger partial charge in [-0.05, 0) is 17.7 Å². The van der Waals surface area contributed by atoms with Gasteiger partial charge in [0.1, 0.15) is 5.82 Å². The Labute approximate surface area is 117 Å². The largest absolute Gasteiger partial charge is 0.481 e. The Balaban J connectivity index is 2.74. The van der Waals surface area contributed by atoms with Crippen LogP contribution in [-0.2, 0) is 21.5 Å². The quantitative estimate of drug-likeness (QED) is 0.812. The van der Waals surface area contributed by atoms with Crippen molar-refractivity contribution < 1.29 is 22.7 Å². The van der Waals surface area contributed by atoms with Crippen molar-refractivity contribution in [2.45, 2.75) is 13.0 Å². The van der Waals surface area contributed by atoms with Crippen LogP contribution in [0.5, 0.6) is 0 Å². The Hall–Kier alpha value is -1.51. The molecule has 0 aliphatic carbocycles. The van der Waals surface area contributed by atoms with E-state index in [2.05, 4.69) is 0 Å². The maximum atomic E-state index is 13.0. The van der Waals surface area contributed by atoms with E-state index < -0.39 is 22.0 Å². The first-order valence-corrected chi connectivity index (χ1v) is 7.27. The van der Waals surface area contributed by atoms with E-state index in [4.69, 9.17) is 5.11 Å². The van der Waals surface area contributed by atoms with Crippen molar-refractivity contribution in [3.8, 4) is 0 Å². The van der Waals surface area contributed by atoms with E-state index in [9.17, 15) is 17.6 Å². The van der Waals surface area contributed by atoms with Crippen molar-refractivity contribution in [2.24, 2.45) is 0 Å². The molecule has 0 fully saturated rings. The molecule has 112 valence electrons. The second-order valence-corrected chi connectivity index (χ2v) is 6.50. The number of nitrogens with zero attached hydrogens (tertiary/aromatic N) is 2. The zero-order valence-electron chi connectivity index (χ0n) is 11.3. The number of carbonyl (C=O) groups is 1. The fourth-order valence-electron chi connectivity index (χ4n) is 1.58. The van der Waals surface area contributed by atoms with Gasteiger partial charge in [0.05, 0.1) is 6.42 Å². The molecular weight excluding hydrogens is 287 g/mol. The Morgan fingerprint density at radius 3 is 2.50 bits per heavy atom. The second kappa shape index (κ2) is 6.78. The summed E-state index contributed by atoms with van der Waals surface area (Å²) in [4.78, 5) is 10.5. The lowest BCUT2D eigenvalue weighted by molar-refractivity contribution is -0.137. The van der Waals surface area contributed by atoms with Crippen molar-refractivity contribution in [2.75, 3.05) is 20.6 Å². The van der Waals surface area contributed by atoms with Crippen molar-refractivity contribution in [3.63, 3.8) is 0 Å². The normalized spacial score (nSPS) is 12.1. The van der Waals surface area contributed by atoms with E-state index in [0.29, 0.717) is 5.56 Å². The van der Waals surface area contributed by atoms with Crippen molar-refractivity contribution >= 4 is 16.2 Å². The predicted octanol–water partition coefficient (Wildman–Crippen LogP) is 0.909. The van der Waals surface area contributed by atoms with E-state index in [1.54, 1.807) is 6.07 Å². The van der Waals surface area contributed by atoms with Gasteiger partial charge in [0, 0.05) is 27.2 Å². The van der Waals surface area contributed by atoms with Crippen LogP contribution < -0.4 is 0 Å². The van der Waals surface area contributed by atoms with E-state index in [1.165, 1.54) is 32.3 Å². The molecule has 0 radical (unpaired) electrons. The van der Waals surface area contributed by atoms with Crippen LogP contribution in [-0.4, -0.2) is 48.7 Å². The van der Waals surface area contributed by atoms with Gasteiger partial charge in [-0.3, -0.25) is 4.79 Å². The number of hydrogen-bond donors (Lipinski definition) is 1. The molecule has 1 N–H and O–H groups in total. The average molecular weight is 304 g/mol. The number of carboxylic acid groups (broad SMARTS) is 1. The molecule has 0 saturated heterocycles. The molecule has 8 heteroatoms. The number of aliphatic carboxylic acids is 1. The molecule has 0 unspecified atom stereocenters. The lowest BCUT2D eigenvalue weighted by atomic mass is 10.2. The first-order chi connectivity index (χ1) is 9.23. The highest BCUT2D eigenvalue weighted by Crippen LogP contribution is 2.11. The van der Waals surface area contributed by atoms with Crippen LogP contribution in [0, 0.1) is 5.82 Å². The van der Waals surface area contributed by atoms with Crippen molar-refractivity contribution in [1.29, 1.82) is 0 Å². The minimum atomic E-state index is -3.76. The molecular formula is C12H17FN2O4S. The van der Waals surface area contributed by atoms with Crippen LogP contribution >= 0.6 is 0 Å². The molecule has 0 amide bonds. The Bertz CT molecular complexity index is 577. The molecule has 0 aliphatic rings. The lowest BCUT2D eigenvalue weighted by Crippen LogP contribution is -2.40. The summed E-state index contributed by atoms with van der Waals surface area (Å²) in [6.07, 6.45) is -0.274.